The lowest BCUT2D eigenvalue weighted by Crippen LogP contribution is -2.50. The minimum Gasteiger partial charge on any atom is -0.368 e. The first-order valence-electron chi connectivity index (χ1n) is 11.2. The van der Waals surface area contributed by atoms with Crippen molar-refractivity contribution in [3.05, 3.63) is 86.3 Å². The smallest absolute Gasteiger partial charge is 0.269 e. The minimum atomic E-state index is -0.422. The van der Waals surface area contributed by atoms with Gasteiger partial charge in [-0.05, 0) is 24.6 Å². The number of nitro groups is 1. The Hall–Kier alpha value is -4.05. The molecule has 0 bridgehead atoms. The van der Waals surface area contributed by atoms with E-state index >= 15 is 0 Å². The summed E-state index contributed by atoms with van der Waals surface area (Å²) in [6.07, 6.45) is 1.46. The summed E-state index contributed by atoms with van der Waals surface area (Å²) in [5.41, 5.74) is 2.56. The van der Waals surface area contributed by atoms with Crippen molar-refractivity contribution in [2.45, 2.75) is 13.5 Å². The van der Waals surface area contributed by atoms with E-state index in [9.17, 15) is 19.7 Å². The fraction of sp³-hybridized carbons (Fsp3) is 0.240. The maximum absolute atomic E-state index is 13.4. The summed E-state index contributed by atoms with van der Waals surface area (Å²) in [6, 6.07) is 16.2. The third kappa shape index (κ3) is 4.40. The van der Waals surface area contributed by atoms with E-state index in [-0.39, 0.29) is 23.7 Å². The number of nitro benzene ring substituents is 1. The zero-order chi connectivity index (χ0) is 24.5. The lowest BCUT2D eigenvalue weighted by atomic mass is 10.0. The summed E-state index contributed by atoms with van der Waals surface area (Å²) in [6.45, 7) is 4.14. The van der Waals surface area contributed by atoms with Crippen LogP contribution in [0.2, 0.25) is 0 Å². The number of non-ortho nitro benzene ring substituents is 1. The second kappa shape index (κ2) is 9.30. The van der Waals surface area contributed by atoms with Gasteiger partial charge in [0.1, 0.15) is 11.4 Å². The molecule has 0 atom stereocenters. The Morgan fingerprint density at radius 1 is 1.06 bits per heavy atom. The van der Waals surface area contributed by atoms with Gasteiger partial charge in [0, 0.05) is 54.4 Å². The maximum Gasteiger partial charge on any atom is 0.269 e. The highest BCUT2D eigenvalue weighted by Crippen LogP contribution is 2.35. The monoisotopic (exact) mass is 489 g/mol. The molecule has 0 unspecified atom stereocenters. The van der Waals surface area contributed by atoms with Crippen molar-refractivity contribution < 1.29 is 9.72 Å². The number of nitrogens with zero attached hydrogens (tertiary/aromatic N) is 5. The highest BCUT2D eigenvalue weighted by molar-refractivity contribution is 7.19. The number of aromatic nitrogens is 2. The lowest BCUT2D eigenvalue weighted by molar-refractivity contribution is -0.384. The van der Waals surface area contributed by atoms with Gasteiger partial charge in [0.25, 0.3) is 11.2 Å². The number of hydrogen-bond acceptors (Lipinski definition) is 7. The van der Waals surface area contributed by atoms with E-state index in [0.717, 1.165) is 21.7 Å². The molecule has 0 N–H and O–H groups in total. The van der Waals surface area contributed by atoms with E-state index in [4.69, 9.17) is 0 Å². The fourth-order valence-electron chi connectivity index (χ4n) is 4.45. The van der Waals surface area contributed by atoms with Crippen LogP contribution in [0, 0.1) is 17.0 Å². The van der Waals surface area contributed by atoms with Crippen LogP contribution in [0.3, 0.4) is 0 Å². The Kier molecular flexibility index (Phi) is 6.04. The van der Waals surface area contributed by atoms with Crippen molar-refractivity contribution in [3.63, 3.8) is 0 Å². The molecule has 35 heavy (non-hydrogen) atoms. The molecule has 4 aromatic rings. The largest absolute Gasteiger partial charge is 0.368 e. The molecule has 1 saturated heterocycles. The number of carbonyl (C=O) groups excluding carboxylic acids is 1. The first-order valence-corrected chi connectivity index (χ1v) is 12.0. The Morgan fingerprint density at radius 2 is 1.74 bits per heavy atom. The Morgan fingerprint density at radius 3 is 2.40 bits per heavy atom. The third-order valence-corrected chi connectivity index (χ3v) is 7.29. The van der Waals surface area contributed by atoms with Gasteiger partial charge in [-0.1, -0.05) is 30.3 Å². The van der Waals surface area contributed by atoms with Crippen LogP contribution < -0.4 is 10.5 Å². The molecule has 1 amide bonds. The normalized spacial score (nSPS) is 13.9. The number of hydrogen-bond donors (Lipinski definition) is 0. The van der Waals surface area contributed by atoms with Crippen LogP contribution in [0.5, 0.6) is 0 Å². The van der Waals surface area contributed by atoms with Gasteiger partial charge in [-0.3, -0.25) is 24.3 Å². The van der Waals surface area contributed by atoms with E-state index in [2.05, 4.69) is 9.88 Å². The topological polar surface area (TPSA) is 102 Å². The summed E-state index contributed by atoms with van der Waals surface area (Å²) < 4.78 is 1.39. The Labute approximate surface area is 205 Å². The number of piperazine rings is 1. The second-order valence-corrected chi connectivity index (χ2v) is 9.60. The van der Waals surface area contributed by atoms with E-state index in [0.29, 0.717) is 36.4 Å². The van der Waals surface area contributed by atoms with Crippen molar-refractivity contribution in [1.29, 1.82) is 0 Å². The maximum atomic E-state index is 13.4. The van der Waals surface area contributed by atoms with Crippen molar-refractivity contribution in [2.24, 2.45) is 0 Å². The summed E-state index contributed by atoms with van der Waals surface area (Å²) in [5.74, 6) is -0.134. The molecule has 2 aromatic carbocycles. The van der Waals surface area contributed by atoms with Crippen molar-refractivity contribution in [2.75, 3.05) is 31.1 Å². The molecule has 5 rings (SSSR count). The van der Waals surface area contributed by atoms with Gasteiger partial charge in [0.15, 0.2) is 0 Å². The van der Waals surface area contributed by atoms with Crippen molar-refractivity contribution in [3.8, 4) is 11.1 Å². The quantitative estimate of drug-likeness (QED) is 0.313. The number of rotatable bonds is 5. The molecule has 1 aliphatic heterocycles. The van der Waals surface area contributed by atoms with Crippen LogP contribution in [0.15, 0.2) is 65.7 Å². The molecule has 10 heteroatoms. The molecule has 0 spiro atoms. The standard InChI is InChI=1S/C25H23N5O4S/c1-17-22(18-5-3-2-4-6-18)23-24(35-17)26-16-29(25(23)32)15-21(31)28-13-11-27(12-14-28)19-7-9-20(10-8-19)30(33)34/h2-10,16H,11-15H2,1H3. The lowest BCUT2D eigenvalue weighted by Gasteiger charge is -2.36. The van der Waals surface area contributed by atoms with E-state index in [1.807, 2.05) is 37.3 Å². The first-order chi connectivity index (χ1) is 16.9. The van der Waals surface area contributed by atoms with Crippen molar-refractivity contribution >= 4 is 38.8 Å². The first kappa shape index (κ1) is 22.7. The number of carbonyl (C=O) groups is 1. The summed E-state index contributed by atoms with van der Waals surface area (Å²) in [7, 11) is 0. The predicted octanol–water partition coefficient (Wildman–Crippen LogP) is 3.69. The molecule has 0 radical (unpaired) electrons. The van der Waals surface area contributed by atoms with Gasteiger partial charge >= 0.3 is 0 Å². The highest BCUT2D eigenvalue weighted by Gasteiger charge is 2.23. The van der Waals surface area contributed by atoms with Crippen LogP contribution in [-0.2, 0) is 11.3 Å². The van der Waals surface area contributed by atoms with Crippen LogP contribution in [-0.4, -0.2) is 51.5 Å². The van der Waals surface area contributed by atoms with E-state index in [1.165, 1.54) is 34.4 Å². The van der Waals surface area contributed by atoms with Gasteiger partial charge < -0.3 is 9.80 Å². The summed E-state index contributed by atoms with van der Waals surface area (Å²) >= 11 is 1.48. The number of benzene rings is 2. The Bertz CT molecular complexity index is 1460. The number of amides is 1. The molecule has 9 nitrogen and oxygen atoms in total. The molecular formula is C25H23N5O4S. The van der Waals surface area contributed by atoms with Gasteiger partial charge in [-0.15, -0.1) is 11.3 Å². The predicted molar refractivity (Wildman–Crippen MR) is 136 cm³/mol. The average Bonchev–Trinajstić information content (AvgIpc) is 3.23. The Balaban J connectivity index is 1.31. The van der Waals surface area contributed by atoms with Crippen LogP contribution in [0.4, 0.5) is 11.4 Å². The molecule has 178 valence electrons. The zero-order valence-corrected chi connectivity index (χ0v) is 19.9. The number of fused-ring (bicyclic) bond motifs is 1. The highest BCUT2D eigenvalue weighted by atomic mass is 32.1. The molecule has 0 saturated carbocycles. The average molecular weight is 490 g/mol. The molecule has 1 fully saturated rings. The van der Waals surface area contributed by atoms with E-state index < -0.39 is 4.92 Å². The number of anilines is 1. The van der Waals surface area contributed by atoms with Gasteiger partial charge in [-0.2, -0.15) is 0 Å². The minimum absolute atomic E-state index is 0.0508. The molecular weight excluding hydrogens is 466 g/mol. The second-order valence-electron chi connectivity index (χ2n) is 8.40. The van der Waals surface area contributed by atoms with Crippen molar-refractivity contribution in [1.82, 2.24) is 14.5 Å². The molecule has 0 aliphatic carbocycles. The molecule has 2 aromatic heterocycles. The number of thiophene rings is 1. The van der Waals surface area contributed by atoms with Gasteiger partial charge in [0.2, 0.25) is 5.91 Å². The zero-order valence-electron chi connectivity index (χ0n) is 19.1. The van der Waals surface area contributed by atoms with E-state index in [1.54, 1.807) is 17.0 Å². The summed E-state index contributed by atoms with van der Waals surface area (Å²) in [4.78, 5) is 46.8. The molecule has 3 heterocycles. The fourth-order valence-corrected chi connectivity index (χ4v) is 5.45. The van der Waals surface area contributed by atoms with Gasteiger partial charge in [-0.25, -0.2) is 4.98 Å². The van der Waals surface area contributed by atoms with Crippen LogP contribution in [0.25, 0.3) is 21.3 Å². The summed E-state index contributed by atoms with van der Waals surface area (Å²) in [5, 5.41) is 11.4. The van der Waals surface area contributed by atoms with Gasteiger partial charge in [0.05, 0.1) is 16.6 Å². The van der Waals surface area contributed by atoms with Crippen LogP contribution >= 0.6 is 11.3 Å². The SMILES string of the molecule is Cc1sc2ncn(CC(=O)N3CCN(c4ccc([N+](=O)[O-])cc4)CC3)c(=O)c2c1-c1ccccc1. The van der Waals surface area contributed by atoms with Crippen LogP contribution in [0.1, 0.15) is 4.88 Å². The third-order valence-electron chi connectivity index (χ3n) is 6.28. The molecule has 1 aliphatic rings. The number of aryl methyl sites for hydroxylation is 1.